The number of aliphatic imine (C=N–C) groups is 1. The Balaban J connectivity index is 1.64. The van der Waals surface area contributed by atoms with Gasteiger partial charge in [-0.15, -0.1) is 11.8 Å². The number of amides is 3. The second-order valence-electron chi connectivity index (χ2n) is 4.69. The third-order valence-electron chi connectivity index (χ3n) is 3.31. The van der Waals surface area contributed by atoms with Crippen LogP contribution in [0.2, 0.25) is 0 Å². The molecular formula is C16H14N2O2S. The lowest BCUT2D eigenvalue weighted by atomic mass is 9.95. The van der Waals surface area contributed by atoms with Crippen LogP contribution in [-0.4, -0.2) is 34.8 Å². The van der Waals surface area contributed by atoms with Crippen LogP contribution in [0.25, 0.3) is 0 Å². The van der Waals surface area contributed by atoms with Gasteiger partial charge in [-0.3, -0.25) is 9.69 Å². The number of fused-ring (bicyclic) bond motifs is 1. The number of urea groups is 1. The third-order valence-corrected chi connectivity index (χ3v) is 4.31. The van der Waals surface area contributed by atoms with Crippen LogP contribution in [0.1, 0.15) is 0 Å². The monoisotopic (exact) mass is 298 g/mol. The summed E-state index contributed by atoms with van der Waals surface area (Å²) in [5, 5.41) is 0. The van der Waals surface area contributed by atoms with Gasteiger partial charge in [0.25, 0.3) is 0 Å². The predicted octanol–water partition coefficient (Wildman–Crippen LogP) is 2.92. The van der Waals surface area contributed by atoms with Gasteiger partial charge in [0.1, 0.15) is 0 Å². The molecule has 3 amide bonds. The zero-order valence-corrected chi connectivity index (χ0v) is 12.1. The van der Waals surface area contributed by atoms with Gasteiger partial charge < -0.3 is 0 Å². The van der Waals surface area contributed by atoms with Gasteiger partial charge in [-0.1, -0.05) is 36.4 Å². The second kappa shape index (κ2) is 6.10. The lowest BCUT2D eigenvalue weighted by Crippen LogP contribution is -2.46. The van der Waals surface area contributed by atoms with E-state index in [0.717, 1.165) is 4.90 Å². The van der Waals surface area contributed by atoms with Crippen molar-refractivity contribution in [1.82, 2.24) is 4.90 Å². The van der Waals surface area contributed by atoms with E-state index < -0.39 is 11.9 Å². The highest BCUT2D eigenvalue weighted by Crippen LogP contribution is 2.21. The van der Waals surface area contributed by atoms with E-state index in [4.69, 9.17) is 0 Å². The third kappa shape index (κ3) is 2.97. The van der Waals surface area contributed by atoms with Crippen LogP contribution in [0.5, 0.6) is 0 Å². The molecule has 1 aliphatic heterocycles. The first kappa shape index (κ1) is 13.8. The summed E-state index contributed by atoms with van der Waals surface area (Å²) in [5.41, 5.74) is 0.541. The molecule has 2 aliphatic rings. The molecule has 4 nitrogen and oxygen atoms in total. The second-order valence-corrected chi connectivity index (χ2v) is 5.86. The highest BCUT2D eigenvalue weighted by Gasteiger charge is 2.35. The molecule has 0 radical (unpaired) electrons. The Morgan fingerprint density at radius 1 is 1.14 bits per heavy atom. The van der Waals surface area contributed by atoms with Crippen LogP contribution in [0.3, 0.4) is 0 Å². The molecule has 21 heavy (non-hydrogen) atoms. The van der Waals surface area contributed by atoms with E-state index in [1.165, 1.54) is 4.90 Å². The molecular weight excluding hydrogens is 284 g/mol. The van der Waals surface area contributed by atoms with E-state index in [1.807, 2.05) is 36.4 Å². The molecule has 5 heteroatoms. The average Bonchev–Trinajstić information content (AvgIpc) is 2.51. The molecule has 0 spiro atoms. The van der Waals surface area contributed by atoms with Gasteiger partial charge in [0, 0.05) is 17.2 Å². The summed E-state index contributed by atoms with van der Waals surface area (Å²) in [7, 11) is 0. The maximum Gasteiger partial charge on any atom is 0.350 e. The summed E-state index contributed by atoms with van der Waals surface area (Å²) in [6.45, 7) is 0.377. The Morgan fingerprint density at radius 3 is 2.76 bits per heavy atom. The number of rotatable bonds is 4. The van der Waals surface area contributed by atoms with Gasteiger partial charge >= 0.3 is 6.03 Å². The fraction of sp³-hybridized carbons (Fsp3) is 0.188. The van der Waals surface area contributed by atoms with Gasteiger partial charge in [-0.05, 0) is 18.2 Å². The van der Waals surface area contributed by atoms with E-state index in [9.17, 15) is 9.59 Å². The lowest BCUT2D eigenvalue weighted by Gasteiger charge is -2.28. The Kier molecular flexibility index (Phi) is 4.01. The first-order chi connectivity index (χ1) is 10.3. The zero-order chi connectivity index (χ0) is 14.7. The molecule has 0 saturated heterocycles. The van der Waals surface area contributed by atoms with Crippen LogP contribution in [0.15, 0.2) is 64.5 Å². The summed E-state index contributed by atoms with van der Waals surface area (Å²) in [6.07, 6.45) is 7.10. The SMILES string of the molecule is O=C1N=C2C=CC=CC2C(=O)N1CCSc1ccccc1. The Bertz CT molecular complexity index is 650. The van der Waals surface area contributed by atoms with Crippen molar-refractivity contribution in [2.24, 2.45) is 10.9 Å². The standard InChI is InChI=1S/C16H14N2O2S/c19-15-13-8-4-5-9-14(13)17-16(20)18(15)10-11-21-12-6-2-1-3-7-12/h1-9,13H,10-11H2. The van der Waals surface area contributed by atoms with Crippen molar-refractivity contribution < 1.29 is 9.59 Å². The maximum atomic E-state index is 12.3. The van der Waals surface area contributed by atoms with Crippen LogP contribution in [0.4, 0.5) is 4.79 Å². The molecule has 0 aromatic heterocycles. The molecule has 1 atom stereocenters. The fourth-order valence-electron chi connectivity index (χ4n) is 2.26. The quantitative estimate of drug-likeness (QED) is 0.803. The van der Waals surface area contributed by atoms with Gasteiger partial charge in [0.05, 0.1) is 11.6 Å². The minimum Gasteiger partial charge on any atom is -0.273 e. The highest BCUT2D eigenvalue weighted by atomic mass is 32.2. The molecule has 0 fully saturated rings. The topological polar surface area (TPSA) is 49.7 Å². The lowest BCUT2D eigenvalue weighted by molar-refractivity contribution is -0.129. The van der Waals surface area contributed by atoms with Crippen molar-refractivity contribution in [3.05, 3.63) is 54.6 Å². The minimum atomic E-state index is -0.458. The highest BCUT2D eigenvalue weighted by molar-refractivity contribution is 7.99. The fourth-order valence-corrected chi connectivity index (χ4v) is 3.12. The number of carbonyl (C=O) groups is 2. The minimum absolute atomic E-state index is 0.181. The Morgan fingerprint density at radius 2 is 1.95 bits per heavy atom. The largest absolute Gasteiger partial charge is 0.350 e. The molecule has 1 aromatic rings. The molecule has 1 heterocycles. The van der Waals surface area contributed by atoms with E-state index in [1.54, 1.807) is 30.0 Å². The summed E-state index contributed by atoms with van der Waals surface area (Å²) < 4.78 is 0. The van der Waals surface area contributed by atoms with Crippen LogP contribution in [-0.2, 0) is 4.79 Å². The summed E-state index contributed by atoms with van der Waals surface area (Å²) in [5.74, 6) is 0.0761. The molecule has 3 rings (SSSR count). The van der Waals surface area contributed by atoms with Gasteiger partial charge in [-0.2, -0.15) is 4.99 Å². The molecule has 1 unspecified atom stereocenters. The molecule has 1 aromatic carbocycles. The number of imide groups is 1. The summed E-state index contributed by atoms with van der Waals surface area (Å²) in [4.78, 5) is 30.7. The van der Waals surface area contributed by atoms with Gasteiger partial charge in [-0.25, -0.2) is 4.79 Å². The molecule has 0 N–H and O–H groups in total. The number of benzene rings is 1. The molecule has 1 aliphatic carbocycles. The first-order valence-corrected chi connectivity index (χ1v) is 7.71. The number of carbonyl (C=O) groups excluding carboxylic acids is 2. The van der Waals surface area contributed by atoms with Crippen molar-refractivity contribution in [1.29, 1.82) is 0 Å². The predicted molar refractivity (Wildman–Crippen MR) is 83.5 cm³/mol. The van der Waals surface area contributed by atoms with Crippen molar-refractivity contribution >= 4 is 29.4 Å². The number of hydrogen-bond acceptors (Lipinski definition) is 3. The summed E-state index contributed by atoms with van der Waals surface area (Å²) >= 11 is 1.62. The molecule has 0 bridgehead atoms. The van der Waals surface area contributed by atoms with Crippen molar-refractivity contribution in [3.63, 3.8) is 0 Å². The maximum absolute atomic E-state index is 12.3. The summed E-state index contributed by atoms with van der Waals surface area (Å²) in [6, 6.07) is 9.45. The first-order valence-electron chi connectivity index (χ1n) is 6.72. The van der Waals surface area contributed by atoms with Crippen molar-refractivity contribution in [2.45, 2.75) is 4.90 Å². The van der Waals surface area contributed by atoms with Crippen LogP contribution >= 0.6 is 11.8 Å². The smallest absolute Gasteiger partial charge is 0.273 e. The van der Waals surface area contributed by atoms with Crippen LogP contribution in [0, 0.1) is 5.92 Å². The number of nitrogens with zero attached hydrogens (tertiary/aromatic N) is 2. The normalized spacial score (nSPS) is 20.5. The Hall–Kier alpha value is -2.14. The van der Waals surface area contributed by atoms with Crippen molar-refractivity contribution in [3.8, 4) is 0 Å². The Labute approximate surface area is 127 Å². The van der Waals surface area contributed by atoms with Crippen molar-refractivity contribution in [2.75, 3.05) is 12.3 Å². The average molecular weight is 298 g/mol. The van der Waals surface area contributed by atoms with E-state index in [2.05, 4.69) is 4.99 Å². The molecule has 106 valence electrons. The molecule has 0 saturated carbocycles. The van der Waals surface area contributed by atoms with E-state index in [0.29, 0.717) is 18.0 Å². The zero-order valence-electron chi connectivity index (χ0n) is 11.3. The van der Waals surface area contributed by atoms with Gasteiger partial charge in [0.2, 0.25) is 5.91 Å². The van der Waals surface area contributed by atoms with Crippen LogP contribution < -0.4 is 0 Å². The van der Waals surface area contributed by atoms with E-state index in [-0.39, 0.29) is 5.91 Å². The number of hydrogen-bond donors (Lipinski definition) is 0. The van der Waals surface area contributed by atoms with E-state index >= 15 is 0 Å². The number of thioether (sulfide) groups is 1. The van der Waals surface area contributed by atoms with Gasteiger partial charge in [0.15, 0.2) is 0 Å². The number of allylic oxidation sites excluding steroid dienone is 3.